The van der Waals surface area contributed by atoms with Gasteiger partial charge >= 0.3 is 0 Å². The quantitative estimate of drug-likeness (QED) is 0.864. The molecule has 120 valence electrons. The Morgan fingerprint density at radius 3 is 2.87 bits per heavy atom. The van der Waals surface area contributed by atoms with Gasteiger partial charge in [-0.25, -0.2) is 0 Å². The number of benzene rings is 1. The molecule has 0 aliphatic carbocycles. The van der Waals surface area contributed by atoms with Gasteiger partial charge in [-0.3, -0.25) is 19.5 Å². The SMILES string of the molecule is COc1ccc(NC(=O)C2CC(=O)Nc3nncn32)cc1OC. The molecular formula is C14H15N5O4. The lowest BCUT2D eigenvalue weighted by molar-refractivity contribution is -0.125. The van der Waals surface area contributed by atoms with E-state index < -0.39 is 6.04 Å². The Labute approximate surface area is 131 Å². The largest absolute Gasteiger partial charge is 0.493 e. The van der Waals surface area contributed by atoms with Gasteiger partial charge in [0.05, 0.1) is 20.6 Å². The van der Waals surface area contributed by atoms with Crippen molar-refractivity contribution in [2.75, 3.05) is 24.9 Å². The summed E-state index contributed by atoms with van der Waals surface area (Å²) in [4.78, 5) is 24.2. The van der Waals surface area contributed by atoms with Crippen LogP contribution in [0.25, 0.3) is 0 Å². The standard InChI is InChI=1S/C14H15N5O4/c1-22-10-4-3-8(5-11(10)23-2)16-13(21)9-6-12(20)17-14-18-15-7-19(9)14/h3-5,7,9H,6H2,1-2H3,(H,16,21)(H,17,18,20). The smallest absolute Gasteiger partial charge is 0.248 e. The molecule has 2 heterocycles. The van der Waals surface area contributed by atoms with Gasteiger partial charge in [0.1, 0.15) is 12.4 Å². The predicted octanol–water partition coefficient (Wildman–Crippen LogP) is 0.817. The summed E-state index contributed by atoms with van der Waals surface area (Å²) in [7, 11) is 3.04. The number of methoxy groups -OCH3 is 2. The van der Waals surface area contributed by atoms with Crippen LogP contribution in [0.3, 0.4) is 0 Å². The van der Waals surface area contributed by atoms with Gasteiger partial charge in [-0.15, -0.1) is 10.2 Å². The summed E-state index contributed by atoms with van der Waals surface area (Å²) >= 11 is 0. The maximum atomic E-state index is 12.5. The van der Waals surface area contributed by atoms with Gasteiger partial charge in [0.25, 0.3) is 0 Å². The molecule has 1 unspecified atom stereocenters. The molecule has 0 radical (unpaired) electrons. The number of anilines is 2. The van der Waals surface area contributed by atoms with Gasteiger partial charge in [0.15, 0.2) is 11.5 Å². The fourth-order valence-electron chi connectivity index (χ4n) is 2.37. The van der Waals surface area contributed by atoms with E-state index in [0.717, 1.165) is 0 Å². The van der Waals surface area contributed by atoms with E-state index in [0.29, 0.717) is 17.2 Å². The number of hydrogen-bond acceptors (Lipinski definition) is 6. The first-order chi connectivity index (χ1) is 11.1. The van der Waals surface area contributed by atoms with Crippen LogP contribution in [0.4, 0.5) is 11.6 Å². The van der Waals surface area contributed by atoms with Gasteiger partial charge in [-0.05, 0) is 12.1 Å². The number of ether oxygens (including phenoxy) is 2. The number of nitrogens with zero attached hydrogens (tertiary/aromatic N) is 3. The Bertz CT molecular complexity index is 757. The topological polar surface area (TPSA) is 107 Å². The normalized spacial score (nSPS) is 16.3. The van der Waals surface area contributed by atoms with Gasteiger partial charge in [0, 0.05) is 11.8 Å². The minimum atomic E-state index is -0.707. The van der Waals surface area contributed by atoms with Crippen molar-refractivity contribution in [1.29, 1.82) is 0 Å². The average Bonchev–Trinajstić information content (AvgIpc) is 3.01. The molecule has 1 atom stereocenters. The molecule has 3 rings (SSSR count). The molecule has 0 saturated carbocycles. The summed E-state index contributed by atoms with van der Waals surface area (Å²) in [5.74, 6) is 0.695. The van der Waals surface area contributed by atoms with Crippen LogP contribution in [0.15, 0.2) is 24.5 Å². The monoisotopic (exact) mass is 317 g/mol. The minimum absolute atomic E-state index is 0.0180. The molecule has 1 aliphatic heterocycles. The third-order valence-electron chi connectivity index (χ3n) is 3.49. The van der Waals surface area contributed by atoms with E-state index in [2.05, 4.69) is 20.8 Å². The lowest BCUT2D eigenvalue weighted by atomic mass is 10.1. The molecule has 1 aromatic carbocycles. The second kappa shape index (κ2) is 5.95. The van der Waals surface area contributed by atoms with E-state index in [1.54, 1.807) is 18.2 Å². The van der Waals surface area contributed by atoms with Gasteiger partial charge in [-0.1, -0.05) is 0 Å². The van der Waals surface area contributed by atoms with Crippen molar-refractivity contribution in [3.05, 3.63) is 24.5 Å². The second-order valence-electron chi connectivity index (χ2n) is 4.89. The van der Waals surface area contributed by atoms with Crippen LogP contribution in [0, 0.1) is 0 Å². The van der Waals surface area contributed by atoms with E-state index in [9.17, 15) is 9.59 Å². The zero-order valence-electron chi connectivity index (χ0n) is 12.6. The van der Waals surface area contributed by atoms with E-state index in [1.807, 2.05) is 0 Å². The molecule has 9 heteroatoms. The molecule has 0 spiro atoms. The maximum absolute atomic E-state index is 12.5. The molecule has 9 nitrogen and oxygen atoms in total. The van der Waals surface area contributed by atoms with Crippen molar-refractivity contribution in [1.82, 2.24) is 14.8 Å². The van der Waals surface area contributed by atoms with Crippen molar-refractivity contribution in [2.45, 2.75) is 12.5 Å². The van der Waals surface area contributed by atoms with Crippen molar-refractivity contribution in [2.24, 2.45) is 0 Å². The summed E-state index contributed by atoms with van der Waals surface area (Å²) in [6, 6.07) is 4.32. The second-order valence-corrected chi connectivity index (χ2v) is 4.89. The van der Waals surface area contributed by atoms with Crippen LogP contribution in [-0.2, 0) is 9.59 Å². The molecule has 2 amide bonds. The first kappa shape index (κ1) is 14.8. The fraction of sp³-hybridized carbons (Fsp3) is 0.286. The van der Waals surface area contributed by atoms with Crippen molar-refractivity contribution >= 4 is 23.5 Å². The Balaban J connectivity index is 1.81. The Kier molecular flexibility index (Phi) is 3.83. The Morgan fingerprint density at radius 1 is 1.35 bits per heavy atom. The van der Waals surface area contributed by atoms with Crippen LogP contribution < -0.4 is 20.1 Å². The van der Waals surface area contributed by atoms with Gasteiger partial charge < -0.3 is 14.8 Å². The lowest BCUT2D eigenvalue weighted by Crippen LogP contribution is -2.35. The predicted molar refractivity (Wildman–Crippen MR) is 80.5 cm³/mol. The van der Waals surface area contributed by atoms with Crippen LogP contribution in [0.2, 0.25) is 0 Å². The molecule has 23 heavy (non-hydrogen) atoms. The molecule has 2 N–H and O–H groups in total. The van der Waals surface area contributed by atoms with Crippen LogP contribution in [-0.4, -0.2) is 40.8 Å². The number of aromatic nitrogens is 3. The fourth-order valence-corrected chi connectivity index (χ4v) is 2.37. The summed E-state index contributed by atoms with van der Waals surface area (Å²) in [6.45, 7) is 0. The van der Waals surface area contributed by atoms with E-state index in [4.69, 9.17) is 9.47 Å². The summed E-state index contributed by atoms with van der Waals surface area (Å²) < 4.78 is 11.9. The number of nitrogens with one attached hydrogen (secondary N) is 2. The number of amides is 2. The van der Waals surface area contributed by atoms with Crippen LogP contribution in [0.5, 0.6) is 11.5 Å². The molecule has 2 aromatic rings. The Morgan fingerprint density at radius 2 is 2.13 bits per heavy atom. The lowest BCUT2D eigenvalue weighted by Gasteiger charge is -2.23. The van der Waals surface area contributed by atoms with Crippen molar-refractivity contribution in [3.63, 3.8) is 0 Å². The number of hydrogen-bond donors (Lipinski definition) is 2. The number of rotatable bonds is 4. The summed E-state index contributed by atoms with van der Waals surface area (Å²) in [5, 5.41) is 12.8. The molecular weight excluding hydrogens is 302 g/mol. The highest BCUT2D eigenvalue weighted by molar-refractivity contribution is 6.00. The number of carbonyl (C=O) groups excluding carboxylic acids is 2. The highest BCUT2D eigenvalue weighted by Gasteiger charge is 2.31. The highest BCUT2D eigenvalue weighted by atomic mass is 16.5. The Hall–Kier alpha value is -3.10. The zero-order chi connectivity index (χ0) is 16.4. The molecule has 0 fully saturated rings. The van der Waals surface area contributed by atoms with Crippen LogP contribution in [0.1, 0.15) is 12.5 Å². The minimum Gasteiger partial charge on any atom is -0.493 e. The van der Waals surface area contributed by atoms with E-state index >= 15 is 0 Å². The summed E-state index contributed by atoms with van der Waals surface area (Å²) in [6.07, 6.45) is 1.43. The first-order valence-electron chi connectivity index (χ1n) is 6.84. The average molecular weight is 317 g/mol. The van der Waals surface area contributed by atoms with Gasteiger partial charge in [0.2, 0.25) is 17.8 Å². The van der Waals surface area contributed by atoms with Gasteiger partial charge in [-0.2, -0.15) is 0 Å². The number of carbonyl (C=O) groups is 2. The molecule has 0 bridgehead atoms. The third-order valence-corrected chi connectivity index (χ3v) is 3.49. The van der Waals surface area contributed by atoms with E-state index in [1.165, 1.54) is 25.1 Å². The van der Waals surface area contributed by atoms with Crippen molar-refractivity contribution in [3.8, 4) is 11.5 Å². The molecule has 0 saturated heterocycles. The third kappa shape index (κ3) is 2.80. The van der Waals surface area contributed by atoms with Crippen molar-refractivity contribution < 1.29 is 19.1 Å². The molecule has 1 aromatic heterocycles. The maximum Gasteiger partial charge on any atom is 0.248 e. The van der Waals surface area contributed by atoms with Crippen LogP contribution >= 0.6 is 0 Å². The first-order valence-corrected chi connectivity index (χ1v) is 6.84. The number of fused-ring (bicyclic) bond motifs is 1. The van der Waals surface area contributed by atoms with E-state index in [-0.39, 0.29) is 24.2 Å². The highest BCUT2D eigenvalue weighted by Crippen LogP contribution is 2.30. The summed E-state index contributed by atoms with van der Waals surface area (Å²) in [5.41, 5.74) is 0.535. The molecule has 1 aliphatic rings. The zero-order valence-corrected chi connectivity index (χ0v) is 12.6.